The van der Waals surface area contributed by atoms with Gasteiger partial charge in [-0.1, -0.05) is 41.0 Å². The fourth-order valence-corrected chi connectivity index (χ4v) is 4.63. The molecule has 3 heterocycles. The second-order valence-electron chi connectivity index (χ2n) is 7.83. The molecule has 1 aromatic heterocycles. The standard InChI is InChI=1S/C23H22Cl2F3N5S/c1-32-9-3-4-16(23(26,27)28)21(32)33-10-7-15-19(8-11-33)30-22(34-2)31-20(15)29-13-14-5-6-17(24)18(25)12-14/h3-7,9-10,12,21H,8,11,13H2,1-2H3,(H,29,30,31). The van der Waals surface area contributed by atoms with Crippen molar-refractivity contribution in [1.29, 1.82) is 0 Å². The molecule has 1 unspecified atom stereocenters. The molecular formula is C23H22Cl2F3N5S. The number of likely N-dealkylation sites (N-methyl/N-ethyl adjacent to an activating group) is 1. The Hall–Kier alpha value is -2.36. The van der Waals surface area contributed by atoms with Crippen LogP contribution in [0.1, 0.15) is 16.8 Å². The van der Waals surface area contributed by atoms with Crippen LogP contribution in [0.2, 0.25) is 10.0 Å². The number of hydrogen-bond donors (Lipinski definition) is 1. The van der Waals surface area contributed by atoms with Gasteiger partial charge < -0.3 is 15.1 Å². The van der Waals surface area contributed by atoms with Gasteiger partial charge in [0.1, 0.15) is 12.0 Å². The van der Waals surface area contributed by atoms with Gasteiger partial charge in [0, 0.05) is 44.5 Å². The number of aromatic nitrogens is 2. The first-order valence-corrected chi connectivity index (χ1v) is 12.4. The fraction of sp³-hybridized carbons (Fsp3) is 0.304. The number of thioether (sulfide) groups is 1. The van der Waals surface area contributed by atoms with E-state index < -0.39 is 17.9 Å². The molecule has 180 valence electrons. The largest absolute Gasteiger partial charge is 0.416 e. The lowest BCUT2D eigenvalue weighted by molar-refractivity contribution is -0.107. The number of rotatable bonds is 5. The number of halogens is 5. The Kier molecular flexibility index (Phi) is 7.35. The third-order valence-corrected chi connectivity index (χ3v) is 6.86. The second kappa shape index (κ2) is 10.1. The predicted octanol–water partition coefficient (Wildman–Crippen LogP) is 6.22. The lowest BCUT2D eigenvalue weighted by atomic mass is 10.1. The topological polar surface area (TPSA) is 44.3 Å². The summed E-state index contributed by atoms with van der Waals surface area (Å²) in [5.74, 6) is 0.613. The average molecular weight is 528 g/mol. The van der Waals surface area contributed by atoms with Crippen LogP contribution in [0.3, 0.4) is 0 Å². The first kappa shape index (κ1) is 24.8. The van der Waals surface area contributed by atoms with E-state index in [0.717, 1.165) is 22.9 Å². The van der Waals surface area contributed by atoms with Crippen molar-refractivity contribution in [3.05, 3.63) is 75.2 Å². The van der Waals surface area contributed by atoms with Crippen LogP contribution in [-0.4, -0.2) is 52.0 Å². The van der Waals surface area contributed by atoms with E-state index in [2.05, 4.69) is 15.3 Å². The van der Waals surface area contributed by atoms with Crippen LogP contribution in [0.4, 0.5) is 19.0 Å². The monoisotopic (exact) mass is 527 g/mol. The molecule has 2 aliphatic heterocycles. The molecule has 0 bridgehead atoms. The number of benzene rings is 1. The number of anilines is 1. The zero-order valence-electron chi connectivity index (χ0n) is 18.4. The summed E-state index contributed by atoms with van der Waals surface area (Å²) >= 11 is 13.5. The average Bonchev–Trinajstić information content (AvgIpc) is 3.01. The Morgan fingerprint density at radius 2 is 1.97 bits per heavy atom. The maximum Gasteiger partial charge on any atom is 0.416 e. The van der Waals surface area contributed by atoms with Crippen LogP contribution in [0.25, 0.3) is 6.08 Å². The highest BCUT2D eigenvalue weighted by Crippen LogP contribution is 2.35. The molecule has 0 amide bonds. The summed E-state index contributed by atoms with van der Waals surface area (Å²) in [6, 6.07) is 5.38. The third kappa shape index (κ3) is 5.31. The first-order valence-electron chi connectivity index (χ1n) is 10.4. The highest BCUT2D eigenvalue weighted by atomic mass is 35.5. The van der Waals surface area contributed by atoms with Gasteiger partial charge in [-0.2, -0.15) is 13.2 Å². The van der Waals surface area contributed by atoms with Crippen molar-refractivity contribution in [3.8, 4) is 0 Å². The van der Waals surface area contributed by atoms with E-state index in [1.54, 1.807) is 47.5 Å². The van der Waals surface area contributed by atoms with Gasteiger partial charge >= 0.3 is 6.18 Å². The molecule has 2 aliphatic rings. The summed E-state index contributed by atoms with van der Waals surface area (Å²) in [6.07, 6.45) is 4.62. The maximum absolute atomic E-state index is 13.7. The van der Waals surface area contributed by atoms with Crippen molar-refractivity contribution in [1.82, 2.24) is 19.8 Å². The highest BCUT2D eigenvalue weighted by Gasteiger charge is 2.42. The molecule has 0 fully saturated rings. The van der Waals surface area contributed by atoms with Gasteiger partial charge in [0.25, 0.3) is 0 Å². The van der Waals surface area contributed by atoms with Gasteiger partial charge in [0.05, 0.1) is 21.3 Å². The predicted molar refractivity (Wildman–Crippen MR) is 132 cm³/mol. The summed E-state index contributed by atoms with van der Waals surface area (Å²) < 4.78 is 41.2. The van der Waals surface area contributed by atoms with Crippen molar-refractivity contribution in [2.24, 2.45) is 0 Å². The van der Waals surface area contributed by atoms with E-state index in [9.17, 15) is 13.2 Å². The van der Waals surface area contributed by atoms with Crippen LogP contribution < -0.4 is 5.32 Å². The van der Waals surface area contributed by atoms with Crippen LogP contribution in [-0.2, 0) is 13.0 Å². The van der Waals surface area contributed by atoms with E-state index in [1.807, 2.05) is 12.3 Å². The second-order valence-corrected chi connectivity index (χ2v) is 9.41. The first-order chi connectivity index (χ1) is 16.2. The summed E-state index contributed by atoms with van der Waals surface area (Å²) in [6.45, 7) is 0.819. The van der Waals surface area contributed by atoms with E-state index in [-0.39, 0.29) is 0 Å². The van der Waals surface area contributed by atoms with Gasteiger partial charge in [-0.15, -0.1) is 0 Å². The van der Waals surface area contributed by atoms with Crippen molar-refractivity contribution >= 4 is 46.9 Å². The Bertz CT molecular complexity index is 1170. The lowest BCUT2D eigenvalue weighted by Crippen LogP contribution is -2.48. The number of hydrogen-bond acceptors (Lipinski definition) is 6. The zero-order valence-corrected chi connectivity index (χ0v) is 20.7. The quantitative estimate of drug-likeness (QED) is 0.367. The molecular weight excluding hydrogens is 506 g/mol. The molecule has 5 nitrogen and oxygen atoms in total. The number of allylic oxidation sites excluding steroid dienone is 2. The highest BCUT2D eigenvalue weighted by molar-refractivity contribution is 7.98. The van der Waals surface area contributed by atoms with Crippen LogP contribution in [0.15, 0.2) is 53.5 Å². The number of fused-ring (bicyclic) bond motifs is 1. The van der Waals surface area contributed by atoms with E-state index in [1.165, 1.54) is 17.8 Å². The number of nitrogens with one attached hydrogen (secondary N) is 1. The molecule has 1 atom stereocenters. The van der Waals surface area contributed by atoms with Crippen molar-refractivity contribution in [2.75, 3.05) is 25.2 Å². The van der Waals surface area contributed by atoms with Gasteiger partial charge in [0.15, 0.2) is 5.16 Å². The molecule has 0 spiro atoms. The fourth-order valence-electron chi connectivity index (χ4n) is 3.93. The SMILES string of the molecule is CSc1nc2c(c(NCc3ccc(Cl)c(Cl)c3)n1)C=CN(C1C(C(F)(F)F)=CC=CN1C)CC2. The van der Waals surface area contributed by atoms with E-state index >= 15 is 0 Å². The number of alkyl halides is 3. The van der Waals surface area contributed by atoms with E-state index in [0.29, 0.717) is 40.5 Å². The molecule has 4 rings (SSSR count). The Morgan fingerprint density at radius 1 is 1.18 bits per heavy atom. The smallest absolute Gasteiger partial charge is 0.365 e. The van der Waals surface area contributed by atoms with Gasteiger partial charge in [-0.3, -0.25) is 0 Å². The van der Waals surface area contributed by atoms with Gasteiger partial charge in [0.2, 0.25) is 0 Å². The molecule has 0 radical (unpaired) electrons. The minimum absolute atomic E-state index is 0.372. The lowest BCUT2D eigenvalue weighted by Gasteiger charge is -2.39. The molecule has 1 aromatic carbocycles. The van der Waals surface area contributed by atoms with Crippen LogP contribution in [0, 0.1) is 0 Å². The van der Waals surface area contributed by atoms with Crippen molar-refractivity contribution < 1.29 is 13.2 Å². The third-order valence-electron chi connectivity index (χ3n) is 5.57. The minimum Gasteiger partial charge on any atom is -0.365 e. The summed E-state index contributed by atoms with van der Waals surface area (Å²) in [4.78, 5) is 12.5. The normalized spacial score (nSPS) is 18.0. The minimum atomic E-state index is -4.44. The summed E-state index contributed by atoms with van der Waals surface area (Å²) in [7, 11) is 1.64. The zero-order chi connectivity index (χ0) is 24.5. The molecule has 0 saturated carbocycles. The van der Waals surface area contributed by atoms with Crippen molar-refractivity contribution in [2.45, 2.75) is 30.5 Å². The van der Waals surface area contributed by atoms with Crippen LogP contribution in [0.5, 0.6) is 0 Å². The summed E-state index contributed by atoms with van der Waals surface area (Å²) in [5.41, 5.74) is 1.84. The molecule has 0 aliphatic carbocycles. The maximum atomic E-state index is 13.7. The molecule has 0 saturated heterocycles. The Labute approximate surface area is 210 Å². The molecule has 1 N–H and O–H groups in total. The molecule has 11 heteroatoms. The van der Waals surface area contributed by atoms with E-state index in [4.69, 9.17) is 23.2 Å². The van der Waals surface area contributed by atoms with Crippen molar-refractivity contribution in [3.63, 3.8) is 0 Å². The van der Waals surface area contributed by atoms with Gasteiger partial charge in [-0.05, 0) is 42.2 Å². The molecule has 2 aromatic rings. The molecule has 34 heavy (non-hydrogen) atoms. The summed E-state index contributed by atoms with van der Waals surface area (Å²) in [5, 5.41) is 4.85. The van der Waals surface area contributed by atoms with Gasteiger partial charge in [-0.25, -0.2) is 9.97 Å². The number of nitrogens with zero attached hydrogens (tertiary/aromatic N) is 4. The Balaban J connectivity index is 1.63. The van der Waals surface area contributed by atoms with Crippen LogP contribution >= 0.6 is 35.0 Å². The Morgan fingerprint density at radius 3 is 2.68 bits per heavy atom.